The summed E-state index contributed by atoms with van der Waals surface area (Å²) in [5.74, 6) is -0.845. The van der Waals surface area contributed by atoms with E-state index in [4.69, 9.17) is 41.9 Å². The lowest BCUT2D eigenvalue weighted by molar-refractivity contribution is -0.332. The van der Waals surface area contributed by atoms with Gasteiger partial charge in [0.15, 0.2) is 12.6 Å². The monoisotopic (exact) mass is 585 g/mol. The van der Waals surface area contributed by atoms with Crippen LogP contribution in [0.5, 0.6) is 0 Å². The fraction of sp³-hybridized carbons (Fsp3) is 0.955. The molecule has 3 rings (SSSR count). The highest BCUT2D eigenvalue weighted by molar-refractivity contribution is 5.80. The predicted octanol–water partition coefficient (Wildman–Crippen LogP) is -8.42. The number of ether oxygens (including phenoxy) is 4. The molecule has 3 aliphatic rings. The molecule has 40 heavy (non-hydrogen) atoms. The van der Waals surface area contributed by atoms with E-state index in [1.807, 2.05) is 0 Å². The van der Waals surface area contributed by atoms with Gasteiger partial charge in [0.05, 0.1) is 18.7 Å². The van der Waals surface area contributed by atoms with Crippen molar-refractivity contribution in [3.8, 4) is 0 Å². The molecular formula is C22H43N5O13. The van der Waals surface area contributed by atoms with E-state index in [1.165, 1.54) is 0 Å². The van der Waals surface area contributed by atoms with Crippen LogP contribution in [0, 0.1) is 0 Å². The molecule has 1 saturated carbocycles. The average Bonchev–Trinajstić information content (AvgIpc) is 2.92. The van der Waals surface area contributed by atoms with Crippen LogP contribution in [0.4, 0.5) is 0 Å². The Bertz CT molecular complexity index is 815. The first kappa shape index (κ1) is 33.3. The summed E-state index contributed by atoms with van der Waals surface area (Å²) < 4.78 is 22.5. The second kappa shape index (κ2) is 14.3. The number of rotatable bonds is 10. The van der Waals surface area contributed by atoms with Gasteiger partial charge < -0.3 is 88.1 Å². The largest absolute Gasteiger partial charge is 0.394 e. The van der Waals surface area contributed by atoms with Crippen molar-refractivity contribution in [2.45, 2.75) is 111 Å². The highest BCUT2D eigenvalue weighted by atomic mass is 16.7. The summed E-state index contributed by atoms with van der Waals surface area (Å²) >= 11 is 0. The van der Waals surface area contributed by atoms with E-state index in [0.29, 0.717) is 0 Å². The van der Waals surface area contributed by atoms with Crippen molar-refractivity contribution >= 4 is 5.91 Å². The average molecular weight is 586 g/mol. The molecule has 0 radical (unpaired) electrons. The molecule has 2 heterocycles. The summed E-state index contributed by atoms with van der Waals surface area (Å²) in [5, 5.41) is 84.9. The van der Waals surface area contributed by atoms with E-state index in [1.54, 1.807) is 0 Å². The Kier molecular flexibility index (Phi) is 11.9. The molecule has 1 amide bonds. The molecule has 0 bridgehead atoms. The first-order valence-corrected chi connectivity index (χ1v) is 13.1. The zero-order valence-corrected chi connectivity index (χ0v) is 21.7. The lowest BCUT2D eigenvalue weighted by Crippen LogP contribution is -2.69. The molecule has 1 aliphatic carbocycles. The minimum Gasteiger partial charge on any atom is -0.394 e. The number of hydrogen-bond acceptors (Lipinski definition) is 17. The topological polar surface area (TPSA) is 332 Å². The highest BCUT2D eigenvalue weighted by Gasteiger charge is 2.52. The number of aliphatic hydroxyl groups is 8. The summed E-state index contributed by atoms with van der Waals surface area (Å²) in [7, 11) is 0. The number of carbonyl (C=O) groups is 1. The third-order valence-corrected chi connectivity index (χ3v) is 7.51. The lowest BCUT2D eigenvalue weighted by atomic mass is 9.83. The van der Waals surface area contributed by atoms with Gasteiger partial charge in [-0.2, -0.15) is 0 Å². The summed E-state index contributed by atoms with van der Waals surface area (Å²) in [6.45, 7) is -0.898. The van der Waals surface area contributed by atoms with Gasteiger partial charge in [0, 0.05) is 12.6 Å². The summed E-state index contributed by atoms with van der Waals surface area (Å²) in [6, 6.07) is -3.45. The molecular weight excluding hydrogens is 542 g/mol. The second-order valence-electron chi connectivity index (χ2n) is 10.3. The van der Waals surface area contributed by atoms with Gasteiger partial charge in [-0.1, -0.05) is 0 Å². The van der Waals surface area contributed by atoms with Crippen LogP contribution < -0.4 is 28.3 Å². The Hall–Kier alpha value is -1.17. The number of nitrogens with one attached hydrogen (secondary N) is 1. The summed E-state index contributed by atoms with van der Waals surface area (Å²) in [4.78, 5) is 12.6. The van der Waals surface area contributed by atoms with Gasteiger partial charge in [0.2, 0.25) is 5.91 Å². The number of carbonyl (C=O) groups excluding carboxylic acids is 1. The minimum absolute atomic E-state index is 0.0101. The van der Waals surface area contributed by atoms with E-state index in [2.05, 4.69) is 5.32 Å². The van der Waals surface area contributed by atoms with Crippen LogP contribution in [-0.2, 0) is 23.7 Å². The molecule has 0 aromatic heterocycles. The van der Waals surface area contributed by atoms with Crippen molar-refractivity contribution in [3.05, 3.63) is 0 Å². The zero-order chi connectivity index (χ0) is 29.9. The van der Waals surface area contributed by atoms with Crippen molar-refractivity contribution in [2.24, 2.45) is 22.9 Å². The van der Waals surface area contributed by atoms with Crippen molar-refractivity contribution < 1.29 is 64.6 Å². The van der Waals surface area contributed by atoms with Crippen LogP contribution in [0.3, 0.4) is 0 Å². The van der Waals surface area contributed by atoms with E-state index >= 15 is 0 Å². The summed E-state index contributed by atoms with van der Waals surface area (Å²) in [6.07, 6.45) is -19.8. The Labute approximate surface area is 229 Å². The standard InChI is InChI=1S/C22H43N5O13/c23-2-1-8(29)20(36)27-7-3-6(25)18(39-22-16(34)15(33)13(31)9(4-24)37-22)17(35)19(7)40-21-14(32)11(26)12(30)10(5-28)38-21/h6-19,21-22,28-35H,1-5,23-26H2,(H,27,36)/t6-,7+,8+,9+,10+,11-,12+,13+,14+,15-,16+,17-,18-,19-,21+,22+/m0/s1. The maximum atomic E-state index is 12.6. The molecule has 2 saturated heterocycles. The van der Waals surface area contributed by atoms with Crippen LogP contribution in [-0.4, -0.2) is 164 Å². The van der Waals surface area contributed by atoms with Crippen LogP contribution >= 0.6 is 0 Å². The Morgan fingerprint density at radius 2 is 1.45 bits per heavy atom. The van der Waals surface area contributed by atoms with Gasteiger partial charge >= 0.3 is 0 Å². The Balaban J connectivity index is 1.85. The molecule has 0 aromatic rings. The lowest BCUT2D eigenvalue weighted by Gasteiger charge is -2.49. The molecule has 0 spiro atoms. The van der Waals surface area contributed by atoms with Crippen molar-refractivity contribution in [1.29, 1.82) is 0 Å². The Morgan fingerprint density at radius 3 is 2.05 bits per heavy atom. The third-order valence-electron chi connectivity index (χ3n) is 7.51. The molecule has 16 atom stereocenters. The number of nitrogens with two attached hydrogens (primary N) is 4. The molecule has 18 heteroatoms. The van der Waals surface area contributed by atoms with Crippen molar-refractivity contribution in [2.75, 3.05) is 19.7 Å². The highest BCUT2D eigenvalue weighted by Crippen LogP contribution is 2.32. The molecule has 0 aromatic carbocycles. The fourth-order valence-electron chi connectivity index (χ4n) is 5.07. The third kappa shape index (κ3) is 7.06. The molecule has 17 N–H and O–H groups in total. The number of aliphatic hydroxyl groups excluding tert-OH is 8. The smallest absolute Gasteiger partial charge is 0.249 e. The maximum Gasteiger partial charge on any atom is 0.249 e. The van der Waals surface area contributed by atoms with Gasteiger partial charge in [-0.05, 0) is 19.4 Å². The van der Waals surface area contributed by atoms with Crippen molar-refractivity contribution in [3.63, 3.8) is 0 Å². The van der Waals surface area contributed by atoms with E-state index in [9.17, 15) is 45.6 Å². The molecule has 234 valence electrons. The van der Waals surface area contributed by atoms with E-state index in [-0.39, 0.29) is 25.9 Å². The van der Waals surface area contributed by atoms with Gasteiger partial charge in [0.25, 0.3) is 0 Å². The minimum atomic E-state index is -1.76. The second-order valence-corrected chi connectivity index (χ2v) is 10.3. The number of amides is 1. The fourth-order valence-corrected chi connectivity index (χ4v) is 5.07. The molecule has 0 unspecified atom stereocenters. The van der Waals surface area contributed by atoms with Crippen LogP contribution in [0.2, 0.25) is 0 Å². The predicted molar refractivity (Wildman–Crippen MR) is 131 cm³/mol. The van der Waals surface area contributed by atoms with E-state index in [0.717, 1.165) is 0 Å². The van der Waals surface area contributed by atoms with Crippen LogP contribution in [0.25, 0.3) is 0 Å². The molecule has 18 nitrogen and oxygen atoms in total. The number of hydrogen-bond donors (Lipinski definition) is 13. The van der Waals surface area contributed by atoms with Gasteiger partial charge in [-0.3, -0.25) is 4.79 Å². The Morgan fingerprint density at radius 1 is 0.850 bits per heavy atom. The molecule has 3 fully saturated rings. The van der Waals surface area contributed by atoms with Crippen LogP contribution in [0.1, 0.15) is 12.8 Å². The van der Waals surface area contributed by atoms with Crippen molar-refractivity contribution in [1.82, 2.24) is 5.32 Å². The normalized spacial score (nSPS) is 47.0. The van der Waals surface area contributed by atoms with Gasteiger partial charge in [-0.25, -0.2) is 0 Å². The summed E-state index contributed by atoms with van der Waals surface area (Å²) in [5.41, 5.74) is 23.1. The first-order valence-electron chi connectivity index (χ1n) is 13.1. The maximum absolute atomic E-state index is 12.6. The first-order chi connectivity index (χ1) is 18.9. The van der Waals surface area contributed by atoms with Crippen LogP contribution in [0.15, 0.2) is 0 Å². The zero-order valence-electron chi connectivity index (χ0n) is 21.7. The quantitative estimate of drug-likeness (QED) is 0.113. The van der Waals surface area contributed by atoms with Gasteiger partial charge in [0.1, 0.15) is 67.1 Å². The van der Waals surface area contributed by atoms with E-state index < -0.39 is 110 Å². The SMILES string of the molecule is NCC[C@@H](O)C(=O)N[C@@H]1C[C@H](N)[C@H](O[C@H]2O[C@H](CN)[C@@H](O)[C@H](O)[C@H]2O)[C@H](O)[C@H]1O[C@H]1O[C@H](CO)[C@@H](O)[C@H](N)[C@H]1O. The van der Waals surface area contributed by atoms with Gasteiger partial charge in [-0.15, -0.1) is 0 Å². The molecule has 2 aliphatic heterocycles.